The number of aryl methyl sites for hydroxylation is 2. The molecule has 2 heterocycles. The lowest BCUT2D eigenvalue weighted by Gasteiger charge is -2.28. The summed E-state index contributed by atoms with van der Waals surface area (Å²) in [5.74, 6) is 0. The van der Waals surface area contributed by atoms with E-state index < -0.39 is 0 Å². The predicted molar refractivity (Wildman–Crippen MR) is 110 cm³/mol. The Morgan fingerprint density at radius 3 is 2.92 bits per heavy atom. The van der Waals surface area contributed by atoms with E-state index >= 15 is 0 Å². The van der Waals surface area contributed by atoms with Gasteiger partial charge in [-0.3, -0.25) is 4.79 Å². The largest absolute Gasteiger partial charge is 0.376 e. The number of hydrogen-bond acceptors (Lipinski definition) is 3. The number of pyridine rings is 1. The highest BCUT2D eigenvalue weighted by atomic mass is 32.1. The summed E-state index contributed by atoms with van der Waals surface area (Å²) in [5.41, 5.74) is 3.88. The molecule has 0 bridgehead atoms. The average molecular weight is 374 g/mol. The van der Waals surface area contributed by atoms with Gasteiger partial charge in [0.2, 0.25) is 0 Å². The minimum absolute atomic E-state index is 0.0529. The Labute approximate surface area is 159 Å². The lowest BCUT2D eigenvalue weighted by Crippen LogP contribution is -2.43. The van der Waals surface area contributed by atoms with Crippen molar-refractivity contribution in [2.45, 2.75) is 46.3 Å². The van der Waals surface area contributed by atoms with Gasteiger partial charge in [0.25, 0.3) is 5.56 Å². The van der Waals surface area contributed by atoms with Gasteiger partial charge in [-0.1, -0.05) is 12.1 Å². The molecule has 0 amide bonds. The molecule has 3 rings (SSSR count). The second kappa shape index (κ2) is 8.18. The van der Waals surface area contributed by atoms with Gasteiger partial charge < -0.3 is 19.9 Å². The molecule has 0 aliphatic carbocycles. The molecule has 1 fully saturated rings. The van der Waals surface area contributed by atoms with Gasteiger partial charge in [0.15, 0.2) is 5.11 Å². The van der Waals surface area contributed by atoms with Crippen molar-refractivity contribution in [3.63, 3.8) is 0 Å². The van der Waals surface area contributed by atoms with Crippen molar-refractivity contribution < 1.29 is 4.74 Å². The van der Waals surface area contributed by atoms with Crippen molar-refractivity contribution in [1.29, 1.82) is 0 Å². The van der Waals surface area contributed by atoms with Crippen molar-refractivity contribution in [3.05, 3.63) is 45.2 Å². The minimum atomic E-state index is -0.0529. The zero-order chi connectivity index (χ0) is 18.7. The van der Waals surface area contributed by atoms with Gasteiger partial charge in [0.1, 0.15) is 0 Å². The van der Waals surface area contributed by atoms with Crippen molar-refractivity contribution in [2.75, 3.05) is 19.7 Å². The van der Waals surface area contributed by atoms with Gasteiger partial charge >= 0.3 is 0 Å². The second-order valence-electron chi connectivity index (χ2n) is 6.95. The molecule has 5 nitrogen and oxygen atoms in total. The molecule has 26 heavy (non-hydrogen) atoms. The van der Waals surface area contributed by atoms with Crippen LogP contribution in [0.2, 0.25) is 0 Å². The first-order chi connectivity index (χ1) is 12.5. The number of thiocarbonyl (C=S) groups is 1. The van der Waals surface area contributed by atoms with Gasteiger partial charge in [-0.2, -0.15) is 0 Å². The van der Waals surface area contributed by atoms with Crippen LogP contribution in [-0.2, 0) is 11.3 Å². The highest BCUT2D eigenvalue weighted by Gasteiger charge is 2.22. The van der Waals surface area contributed by atoms with Crippen molar-refractivity contribution >= 4 is 28.2 Å². The van der Waals surface area contributed by atoms with E-state index in [1.54, 1.807) is 0 Å². The molecule has 1 aromatic carbocycles. The lowest BCUT2D eigenvalue weighted by atomic mass is 10.0. The Morgan fingerprint density at radius 2 is 2.23 bits per heavy atom. The molecular weight excluding hydrogens is 346 g/mol. The lowest BCUT2D eigenvalue weighted by molar-refractivity contribution is 0.0897. The molecule has 1 aliphatic rings. The zero-order valence-corrected chi connectivity index (χ0v) is 16.5. The fourth-order valence-corrected chi connectivity index (χ4v) is 3.69. The van der Waals surface area contributed by atoms with Crippen LogP contribution in [-0.4, -0.2) is 40.8 Å². The molecule has 1 atom stereocenters. The maximum absolute atomic E-state index is 12.7. The third-order valence-corrected chi connectivity index (χ3v) is 5.45. The molecule has 0 radical (unpaired) electrons. The number of aromatic nitrogens is 1. The first kappa shape index (κ1) is 18.9. The van der Waals surface area contributed by atoms with Crippen LogP contribution in [0.15, 0.2) is 23.0 Å². The quantitative estimate of drug-likeness (QED) is 0.789. The second-order valence-corrected chi connectivity index (χ2v) is 7.33. The Morgan fingerprint density at radius 1 is 1.42 bits per heavy atom. The van der Waals surface area contributed by atoms with E-state index in [4.69, 9.17) is 17.0 Å². The third-order valence-electron chi connectivity index (χ3n) is 5.05. The predicted octanol–water partition coefficient (Wildman–Crippen LogP) is 3.02. The fraction of sp³-hybridized carbons (Fsp3) is 0.500. The summed E-state index contributed by atoms with van der Waals surface area (Å²) < 4.78 is 5.76. The fourth-order valence-electron chi connectivity index (χ4n) is 3.41. The number of hydrogen-bond donors (Lipinski definition) is 2. The van der Waals surface area contributed by atoms with Crippen LogP contribution in [0.3, 0.4) is 0 Å². The van der Waals surface area contributed by atoms with E-state index in [2.05, 4.69) is 29.4 Å². The van der Waals surface area contributed by atoms with Crippen LogP contribution in [0.25, 0.3) is 10.9 Å². The van der Waals surface area contributed by atoms with E-state index in [0.717, 1.165) is 48.0 Å². The molecule has 0 saturated carbocycles. The van der Waals surface area contributed by atoms with Crippen LogP contribution in [0, 0.1) is 13.8 Å². The van der Waals surface area contributed by atoms with Gasteiger partial charge in [-0.15, -0.1) is 0 Å². The normalized spacial score (nSPS) is 16.8. The standard InChI is InChI=1S/C20H27N3O2S/c1-4-21-20(26)23(12-17-6-5-9-25-17)11-16-10-15-8-7-13(2)14(3)18(15)22-19(16)24/h7-8,10,17H,4-6,9,11-12H2,1-3H3,(H,21,26)(H,22,24)/t17-/m0/s1. The topological polar surface area (TPSA) is 57.4 Å². The van der Waals surface area contributed by atoms with E-state index in [9.17, 15) is 4.79 Å². The van der Waals surface area contributed by atoms with Gasteiger partial charge in [-0.05, 0) is 68.4 Å². The smallest absolute Gasteiger partial charge is 0.253 e. The summed E-state index contributed by atoms with van der Waals surface area (Å²) in [6.45, 7) is 8.86. The third kappa shape index (κ3) is 4.07. The summed E-state index contributed by atoms with van der Waals surface area (Å²) in [4.78, 5) is 17.8. The van der Waals surface area contributed by atoms with Crippen LogP contribution in [0.4, 0.5) is 0 Å². The van der Waals surface area contributed by atoms with Crippen LogP contribution < -0.4 is 10.9 Å². The van der Waals surface area contributed by atoms with Crippen LogP contribution >= 0.6 is 12.2 Å². The van der Waals surface area contributed by atoms with Crippen molar-refractivity contribution in [1.82, 2.24) is 15.2 Å². The zero-order valence-electron chi connectivity index (χ0n) is 15.7. The molecule has 2 N–H and O–H groups in total. The van der Waals surface area contributed by atoms with Gasteiger partial charge in [0.05, 0.1) is 18.2 Å². The minimum Gasteiger partial charge on any atom is -0.376 e. The molecule has 1 saturated heterocycles. The van der Waals surface area contributed by atoms with Gasteiger partial charge in [-0.25, -0.2) is 0 Å². The summed E-state index contributed by atoms with van der Waals surface area (Å²) in [6, 6.07) is 6.13. The Kier molecular flexibility index (Phi) is 5.94. The van der Waals surface area contributed by atoms with Crippen LogP contribution in [0.1, 0.15) is 36.5 Å². The van der Waals surface area contributed by atoms with Crippen molar-refractivity contribution in [2.24, 2.45) is 0 Å². The molecule has 0 spiro atoms. The number of ether oxygens (including phenoxy) is 1. The number of fused-ring (bicyclic) bond motifs is 1. The first-order valence-electron chi connectivity index (χ1n) is 9.26. The Hall–Kier alpha value is -1.92. The number of benzene rings is 1. The summed E-state index contributed by atoms with van der Waals surface area (Å²) in [5, 5.41) is 4.92. The SMILES string of the molecule is CCNC(=S)N(Cc1cc2ccc(C)c(C)c2[nH]c1=O)C[C@@H]1CCCO1. The Balaban J connectivity index is 1.89. The number of aromatic amines is 1. The molecule has 140 valence electrons. The number of H-pyrrole nitrogens is 1. The number of nitrogens with one attached hydrogen (secondary N) is 2. The van der Waals surface area contributed by atoms with Crippen molar-refractivity contribution in [3.8, 4) is 0 Å². The van der Waals surface area contributed by atoms with E-state index in [1.165, 1.54) is 5.56 Å². The average Bonchev–Trinajstić information content (AvgIpc) is 3.12. The molecule has 6 heteroatoms. The number of rotatable bonds is 5. The molecular formula is C20H27N3O2S. The maximum Gasteiger partial charge on any atom is 0.253 e. The highest BCUT2D eigenvalue weighted by Crippen LogP contribution is 2.20. The Bertz CT molecular complexity index is 856. The molecule has 1 aliphatic heterocycles. The van der Waals surface area contributed by atoms with E-state index in [1.807, 2.05) is 24.8 Å². The molecule has 0 unspecified atom stereocenters. The maximum atomic E-state index is 12.7. The monoisotopic (exact) mass is 373 g/mol. The highest BCUT2D eigenvalue weighted by molar-refractivity contribution is 7.80. The molecule has 2 aromatic rings. The van der Waals surface area contributed by atoms with E-state index in [0.29, 0.717) is 18.2 Å². The van der Waals surface area contributed by atoms with Crippen LogP contribution in [0.5, 0.6) is 0 Å². The summed E-state index contributed by atoms with van der Waals surface area (Å²) in [6.07, 6.45) is 2.30. The summed E-state index contributed by atoms with van der Waals surface area (Å²) >= 11 is 5.53. The summed E-state index contributed by atoms with van der Waals surface area (Å²) in [7, 11) is 0. The molecule has 1 aromatic heterocycles. The number of nitrogens with zero attached hydrogens (tertiary/aromatic N) is 1. The van der Waals surface area contributed by atoms with Gasteiger partial charge in [0, 0.05) is 25.3 Å². The van der Waals surface area contributed by atoms with E-state index in [-0.39, 0.29) is 11.7 Å². The first-order valence-corrected chi connectivity index (χ1v) is 9.67.